The molecule has 0 saturated carbocycles. The highest BCUT2D eigenvalue weighted by Crippen LogP contribution is 2.18. The minimum atomic E-state index is -0.0729. The average Bonchev–Trinajstić information content (AvgIpc) is 3.13. The van der Waals surface area contributed by atoms with Crippen molar-refractivity contribution in [3.63, 3.8) is 0 Å². The van der Waals surface area contributed by atoms with E-state index in [4.69, 9.17) is 0 Å². The van der Waals surface area contributed by atoms with Crippen molar-refractivity contribution in [2.24, 2.45) is 0 Å². The molecule has 0 aliphatic rings. The first-order valence-electron chi connectivity index (χ1n) is 9.16. The summed E-state index contributed by atoms with van der Waals surface area (Å²) in [7, 11) is 0. The minimum absolute atomic E-state index is 0.0729. The second kappa shape index (κ2) is 7.50. The Kier molecular flexibility index (Phi) is 4.75. The summed E-state index contributed by atoms with van der Waals surface area (Å²) in [5.41, 5.74) is 3.00. The monoisotopic (exact) mass is 358 g/mol. The molecule has 0 aliphatic heterocycles. The number of nitrogens with one attached hydrogen (secondary N) is 1. The van der Waals surface area contributed by atoms with Gasteiger partial charge in [0.1, 0.15) is 5.65 Å². The molecule has 0 radical (unpaired) electrons. The van der Waals surface area contributed by atoms with Crippen molar-refractivity contribution in [3.8, 4) is 0 Å². The lowest BCUT2D eigenvalue weighted by molar-refractivity contribution is 0.197. The third-order valence-electron chi connectivity index (χ3n) is 4.83. The quantitative estimate of drug-likeness (QED) is 0.581. The van der Waals surface area contributed by atoms with Gasteiger partial charge in [0, 0.05) is 19.3 Å². The molecule has 5 heteroatoms. The second-order valence-corrected chi connectivity index (χ2v) is 6.49. The van der Waals surface area contributed by atoms with Crippen LogP contribution in [-0.2, 0) is 13.1 Å². The molecule has 5 nitrogen and oxygen atoms in total. The Bertz CT molecular complexity index is 1080. The van der Waals surface area contributed by atoms with Gasteiger partial charge in [-0.05, 0) is 35.4 Å². The number of rotatable bonds is 5. The zero-order valence-corrected chi connectivity index (χ0v) is 15.3. The van der Waals surface area contributed by atoms with Crippen LogP contribution >= 0.6 is 0 Å². The fraction of sp³-hybridized carbons (Fsp3) is 0.182. The first kappa shape index (κ1) is 17.1. The van der Waals surface area contributed by atoms with Crippen LogP contribution in [0.5, 0.6) is 0 Å². The largest absolute Gasteiger partial charge is 0.334 e. The summed E-state index contributed by atoms with van der Waals surface area (Å²) < 4.78 is 2.01. The number of carbonyl (C=O) groups excluding carboxylic acids is 1. The van der Waals surface area contributed by atoms with Crippen molar-refractivity contribution in [3.05, 3.63) is 84.3 Å². The van der Waals surface area contributed by atoms with Crippen LogP contribution in [0.3, 0.4) is 0 Å². The summed E-state index contributed by atoms with van der Waals surface area (Å²) in [4.78, 5) is 18.9. The predicted molar refractivity (Wildman–Crippen MR) is 107 cm³/mol. The molecule has 0 saturated heterocycles. The standard InChI is InChI=1S/C22H22N4O/c1-2-25(16-19-15-23-21-12-5-6-13-26(19)21)22(27)24-14-18-10-7-9-17-8-3-4-11-20(17)18/h3-13,15H,2,14,16H2,1H3,(H,24,27). The number of fused-ring (bicyclic) bond motifs is 2. The molecule has 0 fully saturated rings. The maximum Gasteiger partial charge on any atom is 0.318 e. The zero-order valence-electron chi connectivity index (χ0n) is 15.3. The van der Waals surface area contributed by atoms with E-state index in [2.05, 4.69) is 34.6 Å². The topological polar surface area (TPSA) is 49.6 Å². The lowest BCUT2D eigenvalue weighted by Gasteiger charge is -2.21. The van der Waals surface area contributed by atoms with Gasteiger partial charge < -0.3 is 14.6 Å². The number of aromatic nitrogens is 2. The van der Waals surface area contributed by atoms with Crippen LogP contribution in [0.1, 0.15) is 18.2 Å². The molecule has 0 aliphatic carbocycles. The Morgan fingerprint density at radius 3 is 2.78 bits per heavy atom. The van der Waals surface area contributed by atoms with E-state index >= 15 is 0 Å². The average molecular weight is 358 g/mol. The van der Waals surface area contributed by atoms with E-state index in [1.165, 1.54) is 10.8 Å². The van der Waals surface area contributed by atoms with Crippen LogP contribution in [0, 0.1) is 0 Å². The molecule has 1 N–H and O–H groups in total. The number of nitrogens with zero attached hydrogens (tertiary/aromatic N) is 3. The van der Waals surface area contributed by atoms with Gasteiger partial charge in [-0.2, -0.15) is 0 Å². The van der Waals surface area contributed by atoms with Gasteiger partial charge in [-0.1, -0.05) is 48.5 Å². The van der Waals surface area contributed by atoms with Gasteiger partial charge in [0.05, 0.1) is 18.4 Å². The van der Waals surface area contributed by atoms with Gasteiger partial charge >= 0.3 is 6.03 Å². The summed E-state index contributed by atoms with van der Waals surface area (Å²) in [6, 6.07) is 20.2. The summed E-state index contributed by atoms with van der Waals surface area (Å²) >= 11 is 0. The van der Waals surface area contributed by atoms with Gasteiger partial charge in [-0.15, -0.1) is 0 Å². The van der Waals surface area contributed by atoms with Crippen molar-refractivity contribution < 1.29 is 4.79 Å². The Hall–Kier alpha value is -3.34. The third kappa shape index (κ3) is 3.49. The molecule has 0 unspecified atom stereocenters. The van der Waals surface area contributed by atoms with E-state index in [1.54, 1.807) is 4.90 Å². The Labute approximate surface area is 158 Å². The number of urea groups is 1. The van der Waals surface area contributed by atoms with Crippen molar-refractivity contribution in [2.45, 2.75) is 20.0 Å². The fourth-order valence-electron chi connectivity index (χ4n) is 3.35. The summed E-state index contributed by atoms with van der Waals surface area (Å²) in [6.45, 7) is 3.63. The minimum Gasteiger partial charge on any atom is -0.334 e. The third-order valence-corrected chi connectivity index (χ3v) is 4.83. The maximum absolute atomic E-state index is 12.7. The smallest absolute Gasteiger partial charge is 0.318 e. The van der Waals surface area contributed by atoms with Crippen LogP contribution in [0.25, 0.3) is 16.4 Å². The van der Waals surface area contributed by atoms with E-state index in [0.717, 1.165) is 16.9 Å². The lowest BCUT2D eigenvalue weighted by Crippen LogP contribution is -2.39. The second-order valence-electron chi connectivity index (χ2n) is 6.49. The van der Waals surface area contributed by atoms with E-state index in [0.29, 0.717) is 19.6 Å². The number of carbonyl (C=O) groups is 1. The summed E-state index contributed by atoms with van der Waals surface area (Å²) in [5, 5.41) is 5.41. The summed E-state index contributed by atoms with van der Waals surface area (Å²) in [5.74, 6) is 0. The van der Waals surface area contributed by atoms with E-state index < -0.39 is 0 Å². The van der Waals surface area contributed by atoms with Crippen molar-refractivity contribution in [1.29, 1.82) is 0 Å². The van der Waals surface area contributed by atoms with E-state index in [-0.39, 0.29) is 6.03 Å². The molecule has 2 amide bonds. The van der Waals surface area contributed by atoms with Gasteiger partial charge in [0.15, 0.2) is 0 Å². The maximum atomic E-state index is 12.7. The van der Waals surface area contributed by atoms with E-state index in [1.807, 2.05) is 60.1 Å². The Morgan fingerprint density at radius 1 is 1.07 bits per heavy atom. The van der Waals surface area contributed by atoms with Gasteiger partial charge in [0.25, 0.3) is 0 Å². The fourth-order valence-corrected chi connectivity index (χ4v) is 3.35. The van der Waals surface area contributed by atoms with Crippen molar-refractivity contribution >= 4 is 22.5 Å². The molecule has 0 spiro atoms. The Balaban J connectivity index is 1.47. The number of imidazole rings is 1. The molecule has 2 aromatic heterocycles. The molecule has 4 aromatic rings. The number of amides is 2. The van der Waals surface area contributed by atoms with Gasteiger partial charge in [-0.3, -0.25) is 0 Å². The molecule has 2 heterocycles. The molecular formula is C22H22N4O. The number of pyridine rings is 1. The summed E-state index contributed by atoms with van der Waals surface area (Å²) in [6.07, 6.45) is 3.80. The molecule has 136 valence electrons. The highest BCUT2D eigenvalue weighted by Gasteiger charge is 2.14. The molecule has 0 bridgehead atoms. The van der Waals surface area contributed by atoms with Gasteiger partial charge in [0.2, 0.25) is 0 Å². The molecule has 0 atom stereocenters. The van der Waals surface area contributed by atoms with Crippen LogP contribution in [0.2, 0.25) is 0 Å². The molecule has 27 heavy (non-hydrogen) atoms. The number of hydrogen-bond donors (Lipinski definition) is 1. The first-order valence-corrected chi connectivity index (χ1v) is 9.16. The highest BCUT2D eigenvalue weighted by atomic mass is 16.2. The number of hydrogen-bond acceptors (Lipinski definition) is 2. The van der Waals surface area contributed by atoms with Gasteiger partial charge in [-0.25, -0.2) is 9.78 Å². The molecular weight excluding hydrogens is 336 g/mol. The Morgan fingerprint density at radius 2 is 1.89 bits per heavy atom. The molecule has 2 aromatic carbocycles. The zero-order chi connectivity index (χ0) is 18.6. The van der Waals surface area contributed by atoms with Crippen LogP contribution in [0.4, 0.5) is 4.79 Å². The van der Waals surface area contributed by atoms with Crippen LogP contribution < -0.4 is 5.32 Å². The van der Waals surface area contributed by atoms with Crippen molar-refractivity contribution in [2.75, 3.05) is 6.54 Å². The van der Waals surface area contributed by atoms with E-state index in [9.17, 15) is 4.79 Å². The first-order chi connectivity index (χ1) is 13.3. The SMILES string of the molecule is CCN(Cc1cnc2ccccn12)C(=O)NCc1cccc2ccccc12. The molecule has 4 rings (SSSR count). The lowest BCUT2D eigenvalue weighted by atomic mass is 10.0. The number of benzene rings is 2. The highest BCUT2D eigenvalue weighted by molar-refractivity contribution is 5.86. The predicted octanol–water partition coefficient (Wildman–Crippen LogP) is 4.22. The normalized spacial score (nSPS) is 11.0. The van der Waals surface area contributed by atoms with Crippen LogP contribution in [0.15, 0.2) is 73.1 Å². The van der Waals surface area contributed by atoms with Crippen LogP contribution in [-0.4, -0.2) is 26.9 Å². The van der Waals surface area contributed by atoms with Crippen molar-refractivity contribution in [1.82, 2.24) is 19.6 Å².